The fraction of sp³-hybridized carbons (Fsp3) is 0.412. The lowest BCUT2D eigenvalue weighted by molar-refractivity contribution is -0.142. The summed E-state index contributed by atoms with van der Waals surface area (Å²) in [6.07, 6.45) is 1.80. The van der Waals surface area contributed by atoms with E-state index in [9.17, 15) is 9.59 Å². The first-order valence-corrected chi connectivity index (χ1v) is 8.25. The van der Waals surface area contributed by atoms with Crippen LogP contribution in [0.3, 0.4) is 0 Å². The number of allylic oxidation sites excluding steroid dienone is 1. The molecule has 1 aromatic rings. The van der Waals surface area contributed by atoms with E-state index in [1.165, 1.54) is 0 Å². The van der Waals surface area contributed by atoms with Crippen molar-refractivity contribution in [2.45, 2.75) is 31.9 Å². The fourth-order valence-electron chi connectivity index (χ4n) is 2.93. The van der Waals surface area contributed by atoms with Gasteiger partial charge in [0.25, 0.3) is 0 Å². The number of esters is 1. The summed E-state index contributed by atoms with van der Waals surface area (Å²) in [5.74, 6) is -0.486. The number of nitrogens with one attached hydrogen (secondary N) is 2. The minimum Gasteiger partial charge on any atom is -0.459 e. The minimum atomic E-state index is -0.649. The quantitative estimate of drug-likeness (QED) is 0.818. The first-order chi connectivity index (χ1) is 11.6. The van der Waals surface area contributed by atoms with Crippen molar-refractivity contribution in [1.29, 1.82) is 0 Å². The molecule has 7 heteroatoms. The van der Waals surface area contributed by atoms with Crippen LogP contribution in [0.4, 0.5) is 4.79 Å². The van der Waals surface area contributed by atoms with Crippen LogP contribution in [-0.4, -0.2) is 31.3 Å². The van der Waals surface area contributed by atoms with Gasteiger partial charge in [0.05, 0.1) is 17.7 Å². The molecule has 24 heavy (non-hydrogen) atoms. The van der Waals surface area contributed by atoms with Crippen LogP contribution in [0.1, 0.15) is 31.4 Å². The van der Waals surface area contributed by atoms with Crippen LogP contribution in [0.5, 0.6) is 0 Å². The maximum Gasteiger partial charge on any atom is 0.338 e. The van der Waals surface area contributed by atoms with E-state index in [0.717, 1.165) is 12.8 Å². The third-order valence-electron chi connectivity index (χ3n) is 4.13. The molecule has 0 aliphatic carbocycles. The van der Waals surface area contributed by atoms with Gasteiger partial charge in [-0.15, -0.1) is 0 Å². The second-order valence-electron chi connectivity index (χ2n) is 5.83. The molecule has 128 valence electrons. The minimum absolute atomic E-state index is 0.0558. The zero-order chi connectivity index (χ0) is 17.1. The number of benzene rings is 1. The van der Waals surface area contributed by atoms with Gasteiger partial charge in [-0.3, -0.25) is 0 Å². The maximum absolute atomic E-state index is 12.6. The molecule has 2 atom stereocenters. The molecular weight excluding hydrogens is 332 g/mol. The zero-order valence-corrected chi connectivity index (χ0v) is 14.1. The Morgan fingerprint density at radius 2 is 2.21 bits per heavy atom. The molecule has 1 saturated heterocycles. The normalized spacial score (nSPS) is 23.7. The Morgan fingerprint density at radius 3 is 2.92 bits per heavy atom. The largest absolute Gasteiger partial charge is 0.459 e. The summed E-state index contributed by atoms with van der Waals surface area (Å²) in [5.41, 5.74) is 1.46. The molecule has 2 amide bonds. The van der Waals surface area contributed by atoms with Crippen LogP contribution < -0.4 is 10.6 Å². The van der Waals surface area contributed by atoms with Crippen molar-refractivity contribution in [3.8, 4) is 0 Å². The highest BCUT2D eigenvalue weighted by molar-refractivity contribution is 6.31. The molecule has 6 nitrogen and oxygen atoms in total. The van der Waals surface area contributed by atoms with E-state index in [1.807, 2.05) is 0 Å². The Hall–Kier alpha value is -2.05. The van der Waals surface area contributed by atoms with Crippen molar-refractivity contribution in [2.75, 3.05) is 13.2 Å². The molecular formula is C17H19ClN2O4. The maximum atomic E-state index is 12.6. The first-order valence-electron chi connectivity index (χ1n) is 7.87. The second-order valence-corrected chi connectivity index (χ2v) is 6.23. The van der Waals surface area contributed by atoms with Crippen LogP contribution in [0, 0.1) is 0 Å². The smallest absolute Gasteiger partial charge is 0.338 e. The van der Waals surface area contributed by atoms with E-state index in [1.54, 1.807) is 31.2 Å². The van der Waals surface area contributed by atoms with Crippen LogP contribution in [0.15, 0.2) is 35.5 Å². The van der Waals surface area contributed by atoms with Crippen molar-refractivity contribution >= 4 is 23.6 Å². The summed E-state index contributed by atoms with van der Waals surface area (Å²) >= 11 is 6.24. The Kier molecular flexibility index (Phi) is 5.06. The topological polar surface area (TPSA) is 76.7 Å². The standard InChI is InChI=1S/C17H19ClN2O4/c1-10-14(16(21)24-9-11-5-4-8-23-11)15(20-17(22)19-10)12-6-2-3-7-13(12)18/h2-3,6-7,11,15H,4-5,8-9H2,1H3,(H2,19,20,22)/t11-,15+/m1/s1. The van der Waals surface area contributed by atoms with E-state index >= 15 is 0 Å². The summed E-state index contributed by atoms with van der Waals surface area (Å²) in [5, 5.41) is 5.82. The third kappa shape index (κ3) is 3.55. The summed E-state index contributed by atoms with van der Waals surface area (Å²) in [6, 6.07) is 6.06. The van der Waals surface area contributed by atoms with E-state index in [-0.39, 0.29) is 18.7 Å². The average Bonchev–Trinajstić information content (AvgIpc) is 3.06. The van der Waals surface area contributed by atoms with Gasteiger partial charge in [0.2, 0.25) is 0 Å². The van der Waals surface area contributed by atoms with Gasteiger partial charge in [-0.1, -0.05) is 29.8 Å². The Bertz CT molecular complexity index is 683. The van der Waals surface area contributed by atoms with Crippen molar-refractivity contribution in [3.05, 3.63) is 46.1 Å². The molecule has 2 aliphatic heterocycles. The monoisotopic (exact) mass is 350 g/mol. The molecule has 2 N–H and O–H groups in total. The van der Waals surface area contributed by atoms with Crippen LogP contribution in [0.2, 0.25) is 5.02 Å². The van der Waals surface area contributed by atoms with Crippen molar-refractivity contribution in [2.24, 2.45) is 0 Å². The number of hydrogen-bond donors (Lipinski definition) is 2. The number of hydrogen-bond acceptors (Lipinski definition) is 4. The SMILES string of the molecule is CC1=C(C(=O)OC[C@H]2CCCO2)[C@H](c2ccccc2Cl)NC(=O)N1. The van der Waals surface area contributed by atoms with Crippen LogP contribution in [-0.2, 0) is 14.3 Å². The second kappa shape index (κ2) is 7.23. The van der Waals surface area contributed by atoms with Crippen molar-refractivity contribution in [1.82, 2.24) is 10.6 Å². The first kappa shape index (κ1) is 16.8. The molecule has 0 aromatic heterocycles. The van der Waals surface area contributed by atoms with Gasteiger partial charge >= 0.3 is 12.0 Å². The van der Waals surface area contributed by atoms with Gasteiger partial charge in [0.15, 0.2) is 0 Å². The highest BCUT2D eigenvalue weighted by Crippen LogP contribution is 2.32. The fourth-order valence-corrected chi connectivity index (χ4v) is 3.17. The van der Waals surface area contributed by atoms with Crippen molar-refractivity contribution in [3.63, 3.8) is 0 Å². The average molecular weight is 351 g/mol. The number of amides is 2. The molecule has 0 saturated carbocycles. The molecule has 1 aromatic carbocycles. The van der Waals surface area contributed by atoms with Gasteiger partial charge in [-0.05, 0) is 31.4 Å². The lowest BCUT2D eigenvalue weighted by Gasteiger charge is -2.28. The highest BCUT2D eigenvalue weighted by Gasteiger charge is 2.33. The van der Waals surface area contributed by atoms with E-state index in [4.69, 9.17) is 21.1 Å². The van der Waals surface area contributed by atoms with Gasteiger partial charge in [0, 0.05) is 17.3 Å². The molecule has 0 radical (unpaired) electrons. The van der Waals surface area contributed by atoms with Crippen molar-refractivity contribution < 1.29 is 19.1 Å². The lowest BCUT2D eigenvalue weighted by atomic mass is 9.95. The summed E-state index contributed by atoms with van der Waals surface area (Å²) in [6.45, 7) is 2.58. The number of urea groups is 1. The Morgan fingerprint density at radius 1 is 1.42 bits per heavy atom. The summed E-state index contributed by atoms with van der Waals surface area (Å²) in [4.78, 5) is 24.4. The van der Waals surface area contributed by atoms with Gasteiger partial charge in [-0.25, -0.2) is 9.59 Å². The van der Waals surface area contributed by atoms with Gasteiger partial charge in [0.1, 0.15) is 6.61 Å². The number of carbonyl (C=O) groups excluding carboxylic acids is 2. The Labute approximate surface area is 145 Å². The number of halogens is 1. The van der Waals surface area contributed by atoms with Gasteiger partial charge in [-0.2, -0.15) is 0 Å². The van der Waals surface area contributed by atoms with Crippen LogP contribution >= 0.6 is 11.6 Å². The van der Waals surface area contributed by atoms with E-state index in [0.29, 0.717) is 28.5 Å². The van der Waals surface area contributed by atoms with E-state index < -0.39 is 12.0 Å². The Balaban J connectivity index is 1.83. The van der Waals surface area contributed by atoms with E-state index in [2.05, 4.69) is 10.6 Å². The third-order valence-corrected chi connectivity index (χ3v) is 4.47. The predicted octanol–water partition coefficient (Wildman–Crippen LogP) is 2.69. The molecule has 2 aliphatic rings. The summed E-state index contributed by atoms with van der Waals surface area (Å²) in [7, 11) is 0. The lowest BCUT2D eigenvalue weighted by Crippen LogP contribution is -2.45. The zero-order valence-electron chi connectivity index (χ0n) is 13.3. The van der Waals surface area contributed by atoms with Gasteiger partial charge < -0.3 is 20.1 Å². The molecule has 0 bridgehead atoms. The molecule has 2 heterocycles. The summed E-state index contributed by atoms with van der Waals surface area (Å²) < 4.78 is 10.9. The number of ether oxygens (including phenoxy) is 2. The molecule has 0 unspecified atom stereocenters. The predicted molar refractivity (Wildman–Crippen MR) is 88.5 cm³/mol. The molecule has 3 rings (SSSR count). The highest BCUT2D eigenvalue weighted by atomic mass is 35.5. The number of carbonyl (C=O) groups is 2. The van der Waals surface area contributed by atoms with Crippen LogP contribution in [0.25, 0.3) is 0 Å². The molecule has 0 spiro atoms. The number of rotatable bonds is 4. The molecule has 1 fully saturated rings.